The molecular weight excluding hydrogens is 240 g/mol. The molecule has 4 heteroatoms. The Morgan fingerprint density at radius 2 is 2.11 bits per heavy atom. The Morgan fingerprint density at radius 1 is 1.37 bits per heavy atom. The molecule has 0 heterocycles. The summed E-state index contributed by atoms with van der Waals surface area (Å²) in [5.74, 6) is 0.493. The van der Waals surface area contributed by atoms with Gasteiger partial charge < -0.3 is 15.8 Å². The summed E-state index contributed by atoms with van der Waals surface area (Å²) in [6.45, 7) is 8.03. The van der Waals surface area contributed by atoms with Crippen molar-refractivity contribution in [2.75, 3.05) is 25.5 Å². The van der Waals surface area contributed by atoms with Gasteiger partial charge in [0, 0.05) is 18.8 Å². The predicted octanol–water partition coefficient (Wildman–Crippen LogP) is 2.37. The molecule has 1 rings (SSSR count). The van der Waals surface area contributed by atoms with Gasteiger partial charge in [0.1, 0.15) is 0 Å². The topological polar surface area (TPSA) is 64.3 Å². The van der Waals surface area contributed by atoms with Crippen molar-refractivity contribution in [2.24, 2.45) is 5.92 Å². The lowest BCUT2D eigenvalue weighted by atomic mass is 10.1. The minimum absolute atomic E-state index is 0.148. The number of amides is 1. The number of carbonyl (C=O) groups is 1. The van der Waals surface area contributed by atoms with Crippen LogP contribution in [-0.2, 0) is 4.74 Å². The molecule has 1 aromatic rings. The van der Waals surface area contributed by atoms with E-state index < -0.39 is 0 Å². The van der Waals surface area contributed by atoms with E-state index in [1.807, 2.05) is 13.0 Å². The predicted molar refractivity (Wildman–Crippen MR) is 78.2 cm³/mol. The molecule has 0 saturated carbocycles. The Labute approximate surface area is 115 Å². The number of rotatable bonds is 7. The third-order valence-electron chi connectivity index (χ3n) is 2.82. The molecule has 0 fully saturated rings. The van der Waals surface area contributed by atoms with E-state index in [2.05, 4.69) is 19.2 Å². The first-order chi connectivity index (χ1) is 9.00. The lowest BCUT2D eigenvalue weighted by Crippen LogP contribution is -2.28. The van der Waals surface area contributed by atoms with Gasteiger partial charge in [0.15, 0.2) is 0 Å². The number of hydrogen-bond acceptors (Lipinski definition) is 3. The molecular formula is C15H24N2O2. The summed E-state index contributed by atoms with van der Waals surface area (Å²) in [7, 11) is 0. The summed E-state index contributed by atoms with van der Waals surface area (Å²) in [5.41, 5.74) is 7.90. The summed E-state index contributed by atoms with van der Waals surface area (Å²) in [4.78, 5) is 11.9. The molecule has 1 amide bonds. The average Bonchev–Trinajstić information content (AvgIpc) is 2.32. The van der Waals surface area contributed by atoms with Crippen LogP contribution in [0.2, 0.25) is 0 Å². The van der Waals surface area contributed by atoms with Gasteiger partial charge in [-0.05, 0) is 37.0 Å². The number of nitrogens with two attached hydrogens (primary N) is 1. The number of nitrogen functional groups attached to an aromatic ring is 1. The van der Waals surface area contributed by atoms with Gasteiger partial charge in [-0.25, -0.2) is 0 Å². The lowest BCUT2D eigenvalue weighted by molar-refractivity contribution is 0.0906. The van der Waals surface area contributed by atoms with Crippen LogP contribution in [0.5, 0.6) is 0 Å². The molecule has 4 nitrogen and oxygen atoms in total. The zero-order valence-corrected chi connectivity index (χ0v) is 12.0. The van der Waals surface area contributed by atoms with Crippen molar-refractivity contribution in [3.8, 4) is 0 Å². The molecule has 0 unspecified atom stereocenters. The number of anilines is 1. The molecule has 0 aliphatic heterocycles. The fourth-order valence-corrected chi connectivity index (χ4v) is 1.64. The van der Waals surface area contributed by atoms with Gasteiger partial charge >= 0.3 is 0 Å². The Balaban J connectivity index is 2.28. The number of benzene rings is 1. The van der Waals surface area contributed by atoms with Crippen LogP contribution in [-0.4, -0.2) is 25.7 Å². The molecule has 0 radical (unpaired) electrons. The Kier molecular flexibility index (Phi) is 6.36. The second-order valence-electron chi connectivity index (χ2n) is 5.14. The van der Waals surface area contributed by atoms with E-state index in [0.29, 0.717) is 30.3 Å². The van der Waals surface area contributed by atoms with Crippen LogP contribution in [0.15, 0.2) is 18.2 Å². The van der Waals surface area contributed by atoms with Crippen LogP contribution in [0.4, 0.5) is 5.69 Å². The van der Waals surface area contributed by atoms with E-state index in [1.54, 1.807) is 12.1 Å². The second kappa shape index (κ2) is 7.79. The van der Waals surface area contributed by atoms with Crippen molar-refractivity contribution in [3.63, 3.8) is 0 Å². The number of hydrogen-bond donors (Lipinski definition) is 2. The van der Waals surface area contributed by atoms with Crippen molar-refractivity contribution in [2.45, 2.75) is 27.2 Å². The van der Waals surface area contributed by atoms with E-state index in [1.165, 1.54) is 0 Å². The number of ether oxygens (including phenoxy) is 1. The summed E-state index contributed by atoms with van der Waals surface area (Å²) in [6.07, 6.45) is 1.04. The Morgan fingerprint density at radius 3 is 2.74 bits per heavy atom. The van der Waals surface area contributed by atoms with Crippen LogP contribution in [0.3, 0.4) is 0 Å². The molecule has 0 aliphatic carbocycles. The third-order valence-corrected chi connectivity index (χ3v) is 2.82. The zero-order chi connectivity index (χ0) is 14.3. The smallest absolute Gasteiger partial charge is 0.253 e. The Bertz CT molecular complexity index is 417. The van der Waals surface area contributed by atoms with E-state index >= 15 is 0 Å². The van der Waals surface area contributed by atoms with Crippen LogP contribution in [0.1, 0.15) is 36.2 Å². The van der Waals surface area contributed by atoms with Crippen molar-refractivity contribution in [3.05, 3.63) is 29.3 Å². The number of nitrogens with one attached hydrogen (secondary N) is 1. The standard InChI is InChI=1S/C15H24N2O2/c1-11(2)6-8-19-9-7-17-15(18)13-5-4-12(3)10-14(13)16/h4-5,10-11H,6-9,16H2,1-3H3,(H,17,18). The second-order valence-corrected chi connectivity index (χ2v) is 5.14. The molecule has 0 aromatic heterocycles. The highest BCUT2D eigenvalue weighted by Crippen LogP contribution is 2.13. The van der Waals surface area contributed by atoms with E-state index in [9.17, 15) is 4.79 Å². The first-order valence-corrected chi connectivity index (χ1v) is 6.72. The zero-order valence-electron chi connectivity index (χ0n) is 12.0. The maximum Gasteiger partial charge on any atom is 0.253 e. The largest absolute Gasteiger partial charge is 0.398 e. The average molecular weight is 264 g/mol. The van der Waals surface area contributed by atoms with Gasteiger partial charge in [-0.15, -0.1) is 0 Å². The van der Waals surface area contributed by atoms with E-state index in [-0.39, 0.29) is 5.91 Å². The molecule has 0 saturated heterocycles. The van der Waals surface area contributed by atoms with Crippen molar-refractivity contribution in [1.82, 2.24) is 5.32 Å². The van der Waals surface area contributed by atoms with Crippen LogP contribution >= 0.6 is 0 Å². The molecule has 0 aliphatic rings. The van der Waals surface area contributed by atoms with Gasteiger partial charge in [0.05, 0.1) is 12.2 Å². The maximum absolute atomic E-state index is 11.9. The number of aryl methyl sites for hydroxylation is 1. The first kappa shape index (κ1) is 15.5. The highest BCUT2D eigenvalue weighted by molar-refractivity contribution is 5.99. The molecule has 19 heavy (non-hydrogen) atoms. The normalized spacial score (nSPS) is 10.7. The van der Waals surface area contributed by atoms with Crippen LogP contribution < -0.4 is 11.1 Å². The van der Waals surface area contributed by atoms with Gasteiger partial charge in [-0.3, -0.25) is 4.79 Å². The fraction of sp³-hybridized carbons (Fsp3) is 0.533. The van der Waals surface area contributed by atoms with Crippen molar-refractivity contribution in [1.29, 1.82) is 0 Å². The van der Waals surface area contributed by atoms with Crippen LogP contribution in [0, 0.1) is 12.8 Å². The molecule has 0 spiro atoms. The summed E-state index contributed by atoms with van der Waals surface area (Å²) in [5, 5.41) is 2.80. The molecule has 0 bridgehead atoms. The van der Waals surface area contributed by atoms with Crippen LogP contribution in [0.25, 0.3) is 0 Å². The summed E-state index contributed by atoms with van der Waals surface area (Å²) < 4.78 is 5.43. The van der Waals surface area contributed by atoms with Crippen molar-refractivity contribution >= 4 is 11.6 Å². The maximum atomic E-state index is 11.9. The highest BCUT2D eigenvalue weighted by Gasteiger charge is 2.08. The fourth-order valence-electron chi connectivity index (χ4n) is 1.64. The molecule has 106 valence electrons. The monoisotopic (exact) mass is 264 g/mol. The number of carbonyl (C=O) groups excluding carboxylic acids is 1. The quantitative estimate of drug-likeness (QED) is 0.587. The SMILES string of the molecule is Cc1ccc(C(=O)NCCOCCC(C)C)c(N)c1. The van der Waals surface area contributed by atoms with Gasteiger partial charge in [-0.2, -0.15) is 0 Å². The minimum Gasteiger partial charge on any atom is -0.398 e. The minimum atomic E-state index is -0.148. The van der Waals surface area contributed by atoms with Gasteiger partial charge in [-0.1, -0.05) is 19.9 Å². The lowest BCUT2D eigenvalue weighted by Gasteiger charge is -2.09. The molecule has 0 atom stereocenters. The first-order valence-electron chi connectivity index (χ1n) is 6.72. The van der Waals surface area contributed by atoms with E-state index in [0.717, 1.165) is 18.6 Å². The van der Waals surface area contributed by atoms with Gasteiger partial charge in [0.2, 0.25) is 0 Å². The van der Waals surface area contributed by atoms with E-state index in [4.69, 9.17) is 10.5 Å². The molecule has 3 N–H and O–H groups in total. The summed E-state index contributed by atoms with van der Waals surface area (Å²) >= 11 is 0. The highest BCUT2D eigenvalue weighted by atomic mass is 16.5. The Hall–Kier alpha value is -1.55. The van der Waals surface area contributed by atoms with Gasteiger partial charge in [0.25, 0.3) is 5.91 Å². The van der Waals surface area contributed by atoms with Crippen molar-refractivity contribution < 1.29 is 9.53 Å². The summed E-state index contributed by atoms with van der Waals surface area (Å²) in [6, 6.07) is 5.43. The third kappa shape index (κ3) is 5.75. The molecule has 1 aromatic carbocycles.